The third kappa shape index (κ3) is 3.68. The topological polar surface area (TPSA) is 88.2 Å². The number of hydrogen-bond acceptors (Lipinski definition) is 5. The van der Waals surface area contributed by atoms with Crippen LogP contribution in [0.15, 0.2) is 22.7 Å². The number of nitrogens with zero attached hydrogens (tertiary/aromatic N) is 2. The van der Waals surface area contributed by atoms with E-state index in [-0.39, 0.29) is 19.1 Å². The lowest BCUT2D eigenvalue weighted by Gasteiger charge is -2.07. The first-order chi connectivity index (χ1) is 10.1. The van der Waals surface area contributed by atoms with Gasteiger partial charge in [-0.2, -0.15) is 4.98 Å². The highest BCUT2D eigenvalue weighted by atomic mass is 16.5. The lowest BCUT2D eigenvalue weighted by atomic mass is 10.0. The standard InChI is InChI=1S/C15H15N3O3/c1-10-12(6-4-8-19)5-3-7-13(10)15(20)16-9-14-17-11(2)18-21-14/h3,5,7,19H,8-9H2,1-2H3,(H,16,20). The summed E-state index contributed by atoms with van der Waals surface area (Å²) in [6.45, 7) is 3.48. The van der Waals surface area contributed by atoms with Gasteiger partial charge in [0.15, 0.2) is 5.82 Å². The Morgan fingerprint density at radius 1 is 1.43 bits per heavy atom. The molecule has 6 nitrogen and oxygen atoms in total. The van der Waals surface area contributed by atoms with Crippen LogP contribution in [0, 0.1) is 25.7 Å². The van der Waals surface area contributed by atoms with E-state index in [2.05, 4.69) is 27.3 Å². The highest BCUT2D eigenvalue weighted by Crippen LogP contribution is 2.13. The van der Waals surface area contributed by atoms with Crippen molar-refractivity contribution in [2.24, 2.45) is 0 Å². The molecule has 2 aromatic rings. The molecule has 1 heterocycles. The van der Waals surface area contributed by atoms with Crippen molar-refractivity contribution in [3.8, 4) is 11.8 Å². The number of hydrogen-bond donors (Lipinski definition) is 2. The number of benzene rings is 1. The van der Waals surface area contributed by atoms with Crippen molar-refractivity contribution in [2.75, 3.05) is 6.61 Å². The predicted octanol–water partition coefficient (Wildman–Crippen LogP) is 0.960. The number of aliphatic hydroxyl groups is 1. The minimum absolute atomic E-state index is 0.172. The van der Waals surface area contributed by atoms with Crippen molar-refractivity contribution in [2.45, 2.75) is 20.4 Å². The minimum atomic E-state index is -0.240. The second-order valence-electron chi connectivity index (χ2n) is 4.36. The molecule has 0 bridgehead atoms. The molecule has 2 rings (SSSR count). The summed E-state index contributed by atoms with van der Waals surface area (Å²) in [5.41, 5.74) is 2.00. The van der Waals surface area contributed by atoms with Crippen molar-refractivity contribution in [1.82, 2.24) is 15.5 Å². The fourth-order valence-corrected chi connectivity index (χ4v) is 1.81. The maximum atomic E-state index is 12.2. The van der Waals surface area contributed by atoms with Gasteiger partial charge in [-0.05, 0) is 31.5 Å². The molecule has 0 spiro atoms. The number of carbonyl (C=O) groups is 1. The van der Waals surface area contributed by atoms with Gasteiger partial charge >= 0.3 is 0 Å². The van der Waals surface area contributed by atoms with Crippen LogP contribution in [0.25, 0.3) is 0 Å². The molecule has 0 radical (unpaired) electrons. The molecular formula is C15H15N3O3. The summed E-state index contributed by atoms with van der Waals surface area (Å²) in [5.74, 6) is 6.03. The van der Waals surface area contributed by atoms with E-state index in [1.54, 1.807) is 25.1 Å². The highest BCUT2D eigenvalue weighted by Gasteiger charge is 2.12. The van der Waals surface area contributed by atoms with Gasteiger partial charge in [-0.1, -0.05) is 23.1 Å². The Labute approximate surface area is 122 Å². The second-order valence-corrected chi connectivity index (χ2v) is 4.36. The van der Waals surface area contributed by atoms with Gasteiger partial charge < -0.3 is 14.9 Å². The highest BCUT2D eigenvalue weighted by molar-refractivity contribution is 5.96. The molecule has 1 aromatic carbocycles. The molecule has 21 heavy (non-hydrogen) atoms. The molecule has 6 heteroatoms. The van der Waals surface area contributed by atoms with Crippen molar-refractivity contribution >= 4 is 5.91 Å². The van der Waals surface area contributed by atoms with E-state index in [4.69, 9.17) is 9.63 Å². The Morgan fingerprint density at radius 3 is 2.90 bits per heavy atom. The number of carbonyl (C=O) groups excluding carboxylic acids is 1. The first-order valence-corrected chi connectivity index (χ1v) is 6.38. The van der Waals surface area contributed by atoms with E-state index in [9.17, 15) is 4.79 Å². The maximum absolute atomic E-state index is 12.2. The van der Waals surface area contributed by atoms with Crippen LogP contribution in [0.3, 0.4) is 0 Å². The van der Waals surface area contributed by atoms with Crippen molar-refractivity contribution < 1.29 is 14.4 Å². The summed E-state index contributed by atoms with van der Waals surface area (Å²) in [6.07, 6.45) is 0. The molecule has 0 saturated heterocycles. The summed E-state index contributed by atoms with van der Waals surface area (Å²) in [6, 6.07) is 5.27. The zero-order valence-corrected chi connectivity index (χ0v) is 11.8. The lowest BCUT2D eigenvalue weighted by molar-refractivity contribution is 0.0945. The molecule has 1 amide bonds. The first-order valence-electron chi connectivity index (χ1n) is 6.38. The smallest absolute Gasteiger partial charge is 0.252 e. The van der Waals surface area contributed by atoms with E-state index in [1.165, 1.54) is 0 Å². The normalized spacial score (nSPS) is 9.86. The van der Waals surface area contributed by atoms with Crippen LogP contribution in [-0.2, 0) is 6.54 Å². The van der Waals surface area contributed by atoms with Gasteiger partial charge in [0.2, 0.25) is 5.89 Å². The molecule has 108 valence electrons. The van der Waals surface area contributed by atoms with Gasteiger partial charge in [0.1, 0.15) is 6.61 Å². The Kier molecular flexibility index (Phi) is 4.69. The summed E-state index contributed by atoms with van der Waals surface area (Å²) in [4.78, 5) is 16.2. The van der Waals surface area contributed by atoms with Gasteiger partial charge in [0.25, 0.3) is 5.91 Å². The van der Waals surface area contributed by atoms with Gasteiger partial charge in [-0.25, -0.2) is 0 Å². The third-order valence-corrected chi connectivity index (χ3v) is 2.85. The molecule has 0 aliphatic rings. The van der Waals surface area contributed by atoms with Crippen LogP contribution in [0.5, 0.6) is 0 Å². The first kappa shape index (κ1) is 14.8. The van der Waals surface area contributed by atoms with Crippen molar-refractivity contribution in [3.63, 3.8) is 0 Å². The number of rotatable bonds is 3. The molecule has 0 saturated carbocycles. The largest absolute Gasteiger partial charge is 0.384 e. The van der Waals surface area contributed by atoms with Crippen molar-refractivity contribution in [3.05, 3.63) is 46.6 Å². The van der Waals surface area contributed by atoms with Crippen LogP contribution in [0.1, 0.15) is 33.2 Å². The average molecular weight is 285 g/mol. The van der Waals surface area contributed by atoms with Crippen LogP contribution in [0.2, 0.25) is 0 Å². The molecule has 0 atom stereocenters. The fraction of sp³-hybridized carbons (Fsp3) is 0.267. The Bertz CT molecular complexity index is 710. The molecule has 1 aromatic heterocycles. The van der Waals surface area contributed by atoms with Gasteiger partial charge in [0, 0.05) is 11.1 Å². The number of aromatic nitrogens is 2. The Balaban J connectivity index is 2.12. The SMILES string of the molecule is Cc1noc(CNC(=O)c2cccc(C#CCO)c2C)n1. The molecule has 2 N–H and O–H groups in total. The molecule has 0 fully saturated rings. The second kappa shape index (κ2) is 6.68. The van der Waals surface area contributed by atoms with Crippen LogP contribution in [0.4, 0.5) is 0 Å². The predicted molar refractivity (Wildman–Crippen MR) is 75.3 cm³/mol. The number of aryl methyl sites for hydroxylation is 1. The summed E-state index contributed by atoms with van der Waals surface area (Å²) in [5, 5.41) is 15.1. The summed E-state index contributed by atoms with van der Waals surface area (Å²) < 4.78 is 4.93. The van der Waals surface area contributed by atoms with E-state index in [1.807, 2.05) is 6.92 Å². The molecular weight excluding hydrogens is 270 g/mol. The number of nitrogens with one attached hydrogen (secondary N) is 1. The number of amides is 1. The van der Waals surface area contributed by atoms with E-state index >= 15 is 0 Å². The van der Waals surface area contributed by atoms with Crippen LogP contribution in [-0.4, -0.2) is 27.8 Å². The molecule has 0 aliphatic heterocycles. The van der Waals surface area contributed by atoms with Crippen molar-refractivity contribution in [1.29, 1.82) is 0 Å². The minimum Gasteiger partial charge on any atom is -0.384 e. The Hall–Kier alpha value is -2.65. The summed E-state index contributed by atoms with van der Waals surface area (Å²) in [7, 11) is 0. The third-order valence-electron chi connectivity index (χ3n) is 2.85. The average Bonchev–Trinajstić information content (AvgIpc) is 2.89. The Morgan fingerprint density at radius 2 is 2.24 bits per heavy atom. The quantitative estimate of drug-likeness (QED) is 0.820. The monoisotopic (exact) mass is 285 g/mol. The van der Waals surface area contributed by atoms with Crippen LogP contribution < -0.4 is 5.32 Å². The summed E-state index contributed by atoms with van der Waals surface area (Å²) >= 11 is 0. The van der Waals surface area contributed by atoms with E-state index in [0.717, 1.165) is 5.56 Å². The zero-order valence-electron chi connectivity index (χ0n) is 11.8. The number of aliphatic hydroxyl groups excluding tert-OH is 1. The van der Waals surface area contributed by atoms with Gasteiger partial charge in [-0.3, -0.25) is 4.79 Å². The van der Waals surface area contributed by atoms with E-state index in [0.29, 0.717) is 22.8 Å². The molecule has 0 unspecified atom stereocenters. The molecule has 0 aliphatic carbocycles. The lowest BCUT2D eigenvalue weighted by Crippen LogP contribution is -2.24. The van der Waals surface area contributed by atoms with Crippen LogP contribution >= 0.6 is 0 Å². The van der Waals surface area contributed by atoms with E-state index < -0.39 is 0 Å². The fourth-order valence-electron chi connectivity index (χ4n) is 1.81. The van der Waals surface area contributed by atoms with Gasteiger partial charge in [0.05, 0.1) is 6.54 Å². The maximum Gasteiger partial charge on any atom is 0.252 e. The van der Waals surface area contributed by atoms with Gasteiger partial charge in [-0.15, -0.1) is 0 Å². The zero-order chi connectivity index (χ0) is 15.2.